The van der Waals surface area contributed by atoms with Crippen molar-refractivity contribution in [1.82, 2.24) is 4.98 Å². The maximum Gasteiger partial charge on any atom is 0.335 e. The first-order valence-corrected chi connectivity index (χ1v) is 9.19. The average molecular weight is 395 g/mol. The zero-order chi connectivity index (χ0) is 20.8. The monoisotopic (exact) mass is 395 g/mol. The van der Waals surface area contributed by atoms with Crippen molar-refractivity contribution < 1.29 is 23.8 Å². The summed E-state index contributed by atoms with van der Waals surface area (Å²) in [5.74, 6) is -1.29. The Hall–Kier alpha value is -3.25. The molecule has 0 aliphatic heterocycles. The van der Waals surface area contributed by atoms with Gasteiger partial charge in [-0.25, -0.2) is 9.18 Å². The second-order valence-corrected chi connectivity index (χ2v) is 6.57. The van der Waals surface area contributed by atoms with Crippen molar-refractivity contribution in [2.75, 3.05) is 20.8 Å². The van der Waals surface area contributed by atoms with E-state index in [1.54, 1.807) is 49.7 Å². The molecule has 3 rings (SSSR count). The number of halogens is 1. The van der Waals surface area contributed by atoms with Crippen LogP contribution in [-0.4, -0.2) is 36.9 Å². The van der Waals surface area contributed by atoms with Gasteiger partial charge >= 0.3 is 5.97 Å². The van der Waals surface area contributed by atoms with Crippen LogP contribution in [-0.2, 0) is 11.2 Å². The lowest BCUT2D eigenvalue weighted by atomic mass is 9.96. The number of hydrogen-bond donors (Lipinski definition) is 1. The molecule has 0 aliphatic carbocycles. The topological polar surface area (TPSA) is 68.7 Å². The van der Waals surface area contributed by atoms with Crippen molar-refractivity contribution in [1.29, 1.82) is 0 Å². The molecule has 0 unspecified atom stereocenters. The molecule has 0 fully saturated rings. The van der Waals surface area contributed by atoms with E-state index in [0.717, 1.165) is 29.5 Å². The SMILES string of the molecule is COCCCc1cnc(-c2ccc(OC)c(F)c2)c(-c2ccc(C(=O)O)cc2)c1. The van der Waals surface area contributed by atoms with E-state index in [1.807, 2.05) is 6.07 Å². The highest BCUT2D eigenvalue weighted by molar-refractivity contribution is 5.89. The van der Waals surface area contributed by atoms with Gasteiger partial charge in [-0.2, -0.15) is 0 Å². The van der Waals surface area contributed by atoms with Crippen molar-refractivity contribution in [2.45, 2.75) is 12.8 Å². The highest BCUT2D eigenvalue weighted by atomic mass is 19.1. The molecule has 0 saturated carbocycles. The number of aromatic nitrogens is 1. The number of aryl methyl sites for hydroxylation is 1. The van der Waals surface area contributed by atoms with Crippen molar-refractivity contribution in [3.8, 4) is 28.1 Å². The Morgan fingerprint density at radius 2 is 1.79 bits per heavy atom. The van der Waals surface area contributed by atoms with E-state index in [0.29, 0.717) is 17.9 Å². The summed E-state index contributed by atoms with van der Waals surface area (Å²) in [6, 6.07) is 13.3. The summed E-state index contributed by atoms with van der Waals surface area (Å²) in [5.41, 5.74) is 4.07. The molecule has 0 atom stereocenters. The first-order chi connectivity index (χ1) is 14.0. The molecule has 1 aromatic heterocycles. The third kappa shape index (κ3) is 4.78. The zero-order valence-corrected chi connectivity index (χ0v) is 16.3. The Kier molecular flexibility index (Phi) is 6.57. The van der Waals surface area contributed by atoms with Crippen molar-refractivity contribution >= 4 is 5.97 Å². The molecule has 3 aromatic rings. The summed E-state index contributed by atoms with van der Waals surface area (Å²) in [6.45, 7) is 0.647. The Labute approximate surface area is 168 Å². The fourth-order valence-electron chi connectivity index (χ4n) is 3.12. The van der Waals surface area contributed by atoms with E-state index in [2.05, 4.69) is 4.98 Å². The number of ether oxygens (including phenoxy) is 2. The molecule has 6 heteroatoms. The molecule has 0 radical (unpaired) electrons. The van der Waals surface area contributed by atoms with Gasteiger partial charge in [-0.05, 0) is 60.4 Å². The molecule has 1 heterocycles. The molecule has 5 nitrogen and oxygen atoms in total. The summed E-state index contributed by atoms with van der Waals surface area (Å²) in [5, 5.41) is 9.15. The molecule has 2 aromatic carbocycles. The van der Waals surface area contributed by atoms with E-state index >= 15 is 0 Å². The lowest BCUT2D eigenvalue weighted by Crippen LogP contribution is -1.98. The van der Waals surface area contributed by atoms with Crippen LogP contribution in [0.3, 0.4) is 0 Å². The maximum absolute atomic E-state index is 14.3. The predicted molar refractivity (Wildman–Crippen MR) is 109 cm³/mol. The van der Waals surface area contributed by atoms with Gasteiger partial charge in [-0.3, -0.25) is 4.98 Å². The van der Waals surface area contributed by atoms with Crippen LogP contribution in [0.15, 0.2) is 54.7 Å². The molecule has 0 bridgehead atoms. The minimum atomic E-state index is -0.986. The fraction of sp³-hybridized carbons (Fsp3) is 0.217. The highest BCUT2D eigenvalue weighted by Gasteiger charge is 2.14. The summed E-state index contributed by atoms with van der Waals surface area (Å²) < 4.78 is 24.4. The number of pyridine rings is 1. The van der Waals surface area contributed by atoms with E-state index in [9.17, 15) is 9.18 Å². The summed E-state index contributed by atoms with van der Waals surface area (Å²) in [4.78, 5) is 15.8. The zero-order valence-electron chi connectivity index (χ0n) is 16.3. The number of methoxy groups -OCH3 is 2. The average Bonchev–Trinajstić information content (AvgIpc) is 2.74. The van der Waals surface area contributed by atoms with E-state index in [4.69, 9.17) is 14.6 Å². The van der Waals surface area contributed by atoms with Gasteiger partial charge in [0.05, 0.1) is 18.4 Å². The molecule has 0 spiro atoms. The van der Waals surface area contributed by atoms with Crippen LogP contribution in [0.4, 0.5) is 4.39 Å². The van der Waals surface area contributed by atoms with Crippen LogP contribution < -0.4 is 4.74 Å². The number of hydrogen-bond acceptors (Lipinski definition) is 4. The van der Waals surface area contributed by atoms with Crippen LogP contribution in [0.1, 0.15) is 22.3 Å². The van der Waals surface area contributed by atoms with E-state index in [-0.39, 0.29) is 11.3 Å². The summed E-state index contributed by atoms with van der Waals surface area (Å²) in [7, 11) is 3.08. The maximum atomic E-state index is 14.3. The standard InChI is InChI=1S/C23H22FNO4/c1-28-11-3-4-15-12-19(16-5-7-17(8-6-16)23(26)27)22(25-14-15)18-9-10-21(29-2)20(24)13-18/h5-10,12-14H,3-4,11H2,1-2H3,(H,26,27). The number of carbonyl (C=O) groups is 1. The minimum Gasteiger partial charge on any atom is -0.494 e. The molecule has 0 amide bonds. The van der Waals surface area contributed by atoms with Crippen molar-refractivity contribution in [3.63, 3.8) is 0 Å². The summed E-state index contributed by atoms with van der Waals surface area (Å²) in [6.07, 6.45) is 3.42. The minimum absolute atomic E-state index is 0.164. The molecular formula is C23H22FNO4. The van der Waals surface area contributed by atoms with Gasteiger partial charge in [0, 0.05) is 31.0 Å². The quantitative estimate of drug-likeness (QED) is 0.553. The summed E-state index contributed by atoms with van der Waals surface area (Å²) >= 11 is 0. The van der Waals surface area contributed by atoms with Crippen LogP contribution in [0.5, 0.6) is 5.75 Å². The first kappa shape index (κ1) is 20.5. The lowest BCUT2D eigenvalue weighted by Gasteiger charge is -2.13. The highest BCUT2D eigenvalue weighted by Crippen LogP contribution is 2.33. The number of carboxylic acids is 1. The largest absolute Gasteiger partial charge is 0.494 e. The smallest absolute Gasteiger partial charge is 0.335 e. The van der Waals surface area contributed by atoms with Gasteiger partial charge in [-0.1, -0.05) is 12.1 Å². The van der Waals surface area contributed by atoms with Crippen LogP contribution in [0.2, 0.25) is 0 Å². The Morgan fingerprint density at radius 3 is 2.41 bits per heavy atom. The van der Waals surface area contributed by atoms with Gasteiger partial charge in [0.15, 0.2) is 11.6 Å². The van der Waals surface area contributed by atoms with Gasteiger partial charge < -0.3 is 14.6 Å². The van der Waals surface area contributed by atoms with Crippen molar-refractivity contribution in [3.05, 3.63) is 71.7 Å². The van der Waals surface area contributed by atoms with Gasteiger partial charge in [0.2, 0.25) is 0 Å². The number of nitrogens with zero attached hydrogens (tertiary/aromatic N) is 1. The van der Waals surface area contributed by atoms with Gasteiger partial charge in [0.25, 0.3) is 0 Å². The van der Waals surface area contributed by atoms with Gasteiger partial charge in [-0.15, -0.1) is 0 Å². The Morgan fingerprint density at radius 1 is 1.07 bits per heavy atom. The first-order valence-electron chi connectivity index (χ1n) is 9.19. The van der Waals surface area contributed by atoms with Gasteiger partial charge in [0.1, 0.15) is 0 Å². The van der Waals surface area contributed by atoms with Crippen LogP contribution in [0, 0.1) is 5.82 Å². The molecule has 0 saturated heterocycles. The molecular weight excluding hydrogens is 373 g/mol. The lowest BCUT2D eigenvalue weighted by molar-refractivity contribution is 0.0697. The second kappa shape index (κ2) is 9.30. The predicted octanol–water partition coefficient (Wildman–Crippen LogP) is 4.84. The molecule has 29 heavy (non-hydrogen) atoms. The van der Waals surface area contributed by atoms with E-state index < -0.39 is 11.8 Å². The molecule has 0 aliphatic rings. The number of rotatable bonds is 8. The number of carboxylic acid groups (broad SMARTS) is 1. The molecule has 150 valence electrons. The van der Waals surface area contributed by atoms with Crippen molar-refractivity contribution in [2.24, 2.45) is 0 Å². The normalized spacial score (nSPS) is 10.7. The van der Waals surface area contributed by atoms with E-state index in [1.165, 1.54) is 13.2 Å². The number of benzene rings is 2. The fourth-order valence-corrected chi connectivity index (χ4v) is 3.12. The van der Waals surface area contributed by atoms with Crippen LogP contribution >= 0.6 is 0 Å². The second-order valence-electron chi connectivity index (χ2n) is 6.57. The van der Waals surface area contributed by atoms with Crippen LogP contribution in [0.25, 0.3) is 22.4 Å². The number of aromatic carboxylic acids is 1. The Balaban J connectivity index is 2.07. The molecule has 1 N–H and O–H groups in total. The third-order valence-corrected chi connectivity index (χ3v) is 4.63. The third-order valence-electron chi connectivity index (χ3n) is 4.63. The Bertz CT molecular complexity index is 1000.